The van der Waals surface area contributed by atoms with Gasteiger partial charge in [0.1, 0.15) is 0 Å². The second-order valence-corrected chi connectivity index (χ2v) is 4.05. The van der Waals surface area contributed by atoms with Gasteiger partial charge < -0.3 is 16.8 Å². The lowest BCUT2D eigenvalue weighted by Gasteiger charge is -2.10. The molecule has 0 aliphatic rings. The molecule has 0 bridgehead atoms. The van der Waals surface area contributed by atoms with Crippen LogP contribution in [0.1, 0.15) is 19.4 Å². The lowest BCUT2D eigenvalue weighted by molar-refractivity contribution is 0.898. The average Bonchev–Trinajstić information content (AvgIpc) is 2.19. The number of nitrogens with two attached hydrogens (primary N) is 2. The van der Waals surface area contributed by atoms with Gasteiger partial charge in [-0.05, 0) is 38.0 Å². The fourth-order valence-corrected chi connectivity index (χ4v) is 1.42. The van der Waals surface area contributed by atoms with Crippen molar-refractivity contribution in [2.45, 2.75) is 26.3 Å². The highest BCUT2D eigenvalue weighted by Gasteiger charge is 1.96. The van der Waals surface area contributed by atoms with Crippen molar-refractivity contribution >= 4 is 11.6 Å². The molecule has 1 aromatic rings. The number of nitrogens with zero attached hydrogens (tertiary/aromatic N) is 1. The monoisotopic (exact) mass is 220 g/mol. The number of anilines is 1. The summed E-state index contributed by atoms with van der Waals surface area (Å²) in [4.78, 5) is 3.95. The summed E-state index contributed by atoms with van der Waals surface area (Å²) < 4.78 is 0. The van der Waals surface area contributed by atoms with Crippen LogP contribution in [-0.4, -0.2) is 18.5 Å². The maximum Gasteiger partial charge on any atom is 0.185 e. The highest BCUT2D eigenvalue weighted by atomic mass is 15.0. The quantitative estimate of drug-likeness (QED) is 0.517. The van der Waals surface area contributed by atoms with Gasteiger partial charge in [-0.1, -0.05) is 12.1 Å². The van der Waals surface area contributed by atoms with E-state index in [1.807, 2.05) is 0 Å². The number of guanidine groups is 1. The molecule has 1 aromatic carbocycles. The van der Waals surface area contributed by atoms with Crippen molar-refractivity contribution in [3.63, 3.8) is 0 Å². The van der Waals surface area contributed by atoms with Crippen LogP contribution in [0.4, 0.5) is 5.69 Å². The van der Waals surface area contributed by atoms with Gasteiger partial charge in [-0.2, -0.15) is 0 Å². The molecule has 5 N–H and O–H groups in total. The second kappa shape index (κ2) is 6.00. The third-order valence-corrected chi connectivity index (χ3v) is 2.10. The van der Waals surface area contributed by atoms with Crippen LogP contribution in [-0.2, 0) is 6.42 Å². The molecule has 0 atom stereocenters. The highest BCUT2D eigenvalue weighted by molar-refractivity contribution is 5.75. The summed E-state index contributed by atoms with van der Waals surface area (Å²) >= 11 is 0. The van der Waals surface area contributed by atoms with Crippen molar-refractivity contribution in [2.75, 3.05) is 11.9 Å². The van der Waals surface area contributed by atoms with Crippen molar-refractivity contribution in [1.82, 2.24) is 0 Å². The molecule has 1 rings (SSSR count). The third-order valence-electron chi connectivity index (χ3n) is 2.10. The van der Waals surface area contributed by atoms with Gasteiger partial charge in [0.15, 0.2) is 5.96 Å². The Labute approximate surface area is 96.7 Å². The molecular weight excluding hydrogens is 200 g/mol. The number of hydrogen-bond acceptors (Lipinski definition) is 2. The number of benzene rings is 1. The molecule has 0 aliphatic heterocycles. The second-order valence-electron chi connectivity index (χ2n) is 4.05. The molecule has 4 heteroatoms. The summed E-state index contributed by atoms with van der Waals surface area (Å²) in [6.45, 7) is 4.87. The van der Waals surface area contributed by atoms with Gasteiger partial charge in [-0.15, -0.1) is 0 Å². The molecule has 0 aromatic heterocycles. The van der Waals surface area contributed by atoms with Crippen molar-refractivity contribution in [3.05, 3.63) is 29.8 Å². The average molecular weight is 220 g/mol. The maximum atomic E-state index is 5.25. The van der Waals surface area contributed by atoms with Crippen molar-refractivity contribution in [2.24, 2.45) is 16.5 Å². The van der Waals surface area contributed by atoms with E-state index in [1.54, 1.807) is 0 Å². The molecule has 0 unspecified atom stereocenters. The van der Waals surface area contributed by atoms with Gasteiger partial charge >= 0.3 is 0 Å². The molecule has 0 radical (unpaired) electrons. The lowest BCUT2D eigenvalue weighted by Crippen LogP contribution is -2.23. The molecule has 0 amide bonds. The van der Waals surface area contributed by atoms with Gasteiger partial charge in [-0.3, -0.25) is 4.99 Å². The Kier molecular flexibility index (Phi) is 4.64. The first-order chi connectivity index (χ1) is 7.58. The number of aliphatic imine (C=N–C) groups is 1. The van der Waals surface area contributed by atoms with Crippen LogP contribution in [0.2, 0.25) is 0 Å². The number of nitrogens with one attached hydrogen (secondary N) is 1. The zero-order valence-electron chi connectivity index (χ0n) is 9.90. The Balaban J connectivity index is 2.48. The third kappa shape index (κ3) is 4.68. The van der Waals surface area contributed by atoms with Crippen molar-refractivity contribution in [1.29, 1.82) is 0 Å². The Hall–Kier alpha value is -1.71. The Morgan fingerprint density at radius 2 is 1.88 bits per heavy atom. The van der Waals surface area contributed by atoms with Crippen LogP contribution in [0.25, 0.3) is 0 Å². The molecule has 0 saturated heterocycles. The summed E-state index contributed by atoms with van der Waals surface area (Å²) in [7, 11) is 0. The first kappa shape index (κ1) is 12.4. The molecule has 88 valence electrons. The van der Waals surface area contributed by atoms with E-state index in [-0.39, 0.29) is 5.96 Å². The lowest BCUT2D eigenvalue weighted by atomic mass is 10.1. The van der Waals surface area contributed by atoms with Crippen molar-refractivity contribution < 1.29 is 0 Å². The van der Waals surface area contributed by atoms with Gasteiger partial charge in [0.2, 0.25) is 0 Å². The normalized spacial score (nSPS) is 10.2. The topological polar surface area (TPSA) is 76.4 Å². The summed E-state index contributed by atoms with van der Waals surface area (Å²) in [5.74, 6) is 0.151. The molecule has 0 heterocycles. The van der Waals surface area contributed by atoms with Gasteiger partial charge in [0.05, 0.1) is 0 Å². The minimum absolute atomic E-state index is 0.151. The van der Waals surface area contributed by atoms with E-state index in [0.29, 0.717) is 12.6 Å². The van der Waals surface area contributed by atoms with Crippen LogP contribution in [0.15, 0.2) is 29.3 Å². The van der Waals surface area contributed by atoms with Crippen LogP contribution in [0.3, 0.4) is 0 Å². The van der Waals surface area contributed by atoms with Gasteiger partial charge in [0.25, 0.3) is 0 Å². The zero-order valence-corrected chi connectivity index (χ0v) is 9.90. The van der Waals surface area contributed by atoms with Crippen molar-refractivity contribution in [3.8, 4) is 0 Å². The van der Waals surface area contributed by atoms with Gasteiger partial charge in [-0.25, -0.2) is 0 Å². The minimum Gasteiger partial charge on any atom is -0.383 e. The predicted octanol–water partition coefficient (Wildman–Crippen LogP) is 1.32. The predicted molar refractivity (Wildman–Crippen MR) is 69.6 cm³/mol. The number of rotatable bonds is 5. The van der Waals surface area contributed by atoms with Crippen LogP contribution in [0.5, 0.6) is 0 Å². The summed E-state index contributed by atoms with van der Waals surface area (Å²) in [5, 5.41) is 3.34. The molecule has 0 fully saturated rings. The maximum absolute atomic E-state index is 5.25. The Morgan fingerprint density at radius 3 is 2.38 bits per heavy atom. The Morgan fingerprint density at radius 1 is 1.25 bits per heavy atom. The molecule has 0 spiro atoms. The largest absolute Gasteiger partial charge is 0.383 e. The van der Waals surface area contributed by atoms with E-state index in [2.05, 4.69) is 48.4 Å². The van der Waals surface area contributed by atoms with E-state index in [9.17, 15) is 0 Å². The van der Waals surface area contributed by atoms with E-state index in [4.69, 9.17) is 11.5 Å². The first-order valence-corrected chi connectivity index (χ1v) is 5.49. The van der Waals surface area contributed by atoms with Crippen LogP contribution >= 0.6 is 0 Å². The molecule has 16 heavy (non-hydrogen) atoms. The van der Waals surface area contributed by atoms with E-state index >= 15 is 0 Å². The smallest absolute Gasteiger partial charge is 0.185 e. The molecule has 4 nitrogen and oxygen atoms in total. The van der Waals surface area contributed by atoms with Gasteiger partial charge in [0, 0.05) is 18.3 Å². The fraction of sp³-hybridized carbons (Fsp3) is 0.417. The fourth-order valence-electron chi connectivity index (χ4n) is 1.42. The summed E-state index contributed by atoms with van der Waals surface area (Å²) in [6.07, 6.45) is 0.861. The van der Waals surface area contributed by atoms with Crippen LogP contribution in [0, 0.1) is 0 Å². The first-order valence-electron chi connectivity index (χ1n) is 5.49. The summed E-state index contributed by atoms with van der Waals surface area (Å²) in [6, 6.07) is 8.78. The van der Waals surface area contributed by atoms with Crippen LogP contribution < -0.4 is 16.8 Å². The van der Waals surface area contributed by atoms with E-state index in [1.165, 1.54) is 5.56 Å². The Bertz CT molecular complexity index is 337. The van der Waals surface area contributed by atoms with E-state index in [0.717, 1.165) is 12.1 Å². The standard InChI is InChI=1S/C12H20N4/c1-9(2)16-11-5-3-10(4-6-11)7-8-15-12(13)14/h3-6,9,16H,7-8H2,1-2H3,(H4,13,14,15). The summed E-state index contributed by atoms with van der Waals surface area (Å²) in [5.41, 5.74) is 12.9. The van der Waals surface area contributed by atoms with E-state index < -0.39 is 0 Å². The molecule has 0 aliphatic carbocycles. The number of hydrogen-bond donors (Lipinski definition) is 3. The minimum atomic E-state index is 0.151. The molecule has 0 saturated carbocycles. The highest BCUT2D eigenvalue weighted by Crippen LogP contribution is 2.11. The SMILES string of the molecule is CC(C)Nc1ccc(CCN=C(N)N)cc1. The zero-order chi connectivity index (χ0) is 12.0. The molecular formula is C12H20N4.